The van der Waals surface area contributed by atoms with Crippen LogP contribution in [0.25, 0.3) is 22.2 Å². The van der Waals surface area contributed by atoms with E-state index < -0.39 is 0 Å². The highest BCUT2D eigenvalue weighted by molar-refractivity contribution is 5.99. The maximum Gasteiger partial charge on any atom is 0.226 e. The number of nitrogens with one attached hydrogen (secondary N) is 1. The lowest BCUT2D eigenvalue weighted by molar-refractivity contribution is -0.121. The first-order valence-corrected chi connectivity index (χ1v) is 13.2. The van der Waals surface area contributed by atoms with Crippen molar-refractivity contribution in [2.75, 3.05) is 13.1 Å². The fourth-order valence-electron chi connectivity index (χ4n) is 5.13. The summed E-state index contributed by atoms with van der Waals surface area (Å²) in [5, 5.41) is 9.22. The second-order valence-corrected chi connectivity index (χ2v) is 9.74. The Kier molecular flexibility index (Phi) is 7.06. The highest BCUT2D eigenvalue weighted by Crippen LogP contribution is 2.38. The van der Waals surface area contributed by atoms with Crippen LogP contribution in [0, 0.1) is 0 Å². The summed E-state index contributed by atoms with van der Waals surface area (Å²) in [7, 11) is 1.92. The van der Waals surface area contributed by atoms with Gasteiger partial charge in [-0.2, -0.15) is 10.1 Å². The molecular weight excluding hydrogens is 488 g/mol. The number of aryl methyl sites for hydroxylation is 1. The number of ether oxygens (including phenoxy) is 2. The molecule has 196 valence electrons. The van der Waals surface area contributed by atoms with Gasteiger partial charge in [0, 0.05) is 38.0 Å². The summed E-state index contributed by atoms with van der Waals surface area (Å²) in [6, 6.07) is 29.9. The van der Waals surface area contributed by atoms with E-state index in [9.17, 15) is 4.79 Å². The van der Waals surface area contributed by atoms with Gasteiger partial charge in [0.2, 0.25) is 11.8 Å². The van der Waals surface area contributed by atoms with Crippen LogP contribution in [-0.4, -0.2) is 33.6 Å². The quantitative estimate of drug-likeness (QED) is 0.295. The van der Waals surface area contributed by atoms with Crippen molar-refractivity contribution in [3.05, 3.63) is 108 Å². The van der Waals surface area contributed by atoms with E-state index in [1.807, 2.05) is 103 Å². The molecule has 7 heteroatoms. The number of carbonyl (C=O) groups excluding carboxylic acids is 1. The number of carbonyl (C=O) groups is 1. The Labute approximate surface area is 227 Å². The summed E-state index contributed by atoms with van der Waals surface area (Å²) in [5.74, 6) is 1.000. The zero-order chi connectivity index (χ0) is 26.6. The van der Waals surface area contributed by atoms with Gasteiger partial charge in [-0.25, -0.2) is 0 Å². The number of rotatable bonds is 8. The molecule has 1 fully saturated rings. The van der Waals surface area contributed by atoms with Crippen molar-refractivity contribution in [3.63, 3.8) is 0 Å². The zero-order valence-corrected chi connectivity index (χ0v) is 21.8. The molecule has 5 aromatic rings. The van der Waals surface area contributed by atoms with Gasteiger partial charge in [0.05, 0.1) is 17.0 Å². The zero-order valence-electron chi connectivity index (χ0n) is 21.8. The minimum absolute atomic E-state index is 0.189. The third kappa shape index (κ3) is 5.26. The van der Waals surface area contributed by atoms with Crippen molar-refractivity contribution in [2.24, 2.45) is 7.05 Å². The van der Waals surface area contributed by atoms with Gasteiger partial charge < -0.3 is 14.8 Å². The molecule has 3 heterocycles. The van der Waals surface area contributed by atoms with Crippen molar-refractivity contribution in [1.29, 1.82) is 0 Å². The smallest absolute Gasteiger partial charge is 0.226 e. The summed E-state index contributed by atoms with van der Waals surface area (Å²) in [5.41, 5.74) is 5.58. The third-order valence-electron chi connectivity index (χ3n) is 7.09. The monoisotopic (exact) mass is 518 g/mol. The first-order chi connectivity index (χ1) is 19.2. The molecular formula is C32H30N4O3. The number of pyridine rings is 1. The van der Waals surface area contributed by atoms with Crippen LogP contribution in [0.2, 0.25) is 0 Å². The van der Waals surface area contributed by atoms with Crippen LogP contribution in [0.15, 0.2) is 91.0 Å². The van der Waals surface area contributed by atoms with Crippen molar-refractivity contribution >= 4 is 16.7 Å². The van der Waals surface area contributed by atoms with Crippen LogP contribution in [0.5, 0.6) is 11.8 Å². The minimum atomic E-state index is -0.189. The highest BCUT2D eigenvalue weighted by Gasteiger charge is 2.28. The van der Waals surface area contributed by atoms with E-state index in [0.29, 0.717) is 37.9 Å². The molecule has 1 saturated heterocycles. The molecule has 2 aromatic heterocycles. The molecule has 0 spiro atoms. The average molecular weight is 519 g/mol. The molecule has 1 aliphatic rings. The van der Waals surface area contributed by atoms with E-state index in [1.165, 1.54) is 0 Å². The normalized spacial score (nSPS) is 15.4. The lowest BCUT2D eigenvalue weighted by atomic mass is 9.88. The molecule has 0 bridgehead atoms. The van der Waals surface area contributed by atoms with Gasteiger partial charge in [-0.15, -0.1) is 0 Å². The number of para-hydroxylation sites is 1. The lowest BCUT2D eigenvalue weighted by Gasteiger charge is -2.22. The molecule has 0 saturated carbocycles. The molecule has 1 atom stereocenters. The van der Waals surface area contributed by atoms with Crippen LogP contribution in [0.4, 0.5) is 0 Å². The number of hydrogen-bond donors (Lipinski definition) is 1. The number of nitrogens with zero attached hydrogens (tertiary/aromatic N) is 3. The fourth-order valence-corrected chi connectivity index (χ4v) is 5.13. The topological polar surface area (TPSA) is 78.3 Å². The van der Waals surface area contributed by atoms with E-state index in [-0.39, 0.29) is 11.7 Å². The third-order valence-corrected chi connectivity index (χ3v) is 7.09. The molecule has 0 aliphatic carbocycles. The predicted molar refractivity (Wildman–Crippen MR) is 151 cm³/mol. The number of ketones is 1. The van der Waals surface area contributed by atoms with Gasteiger partial charge in [0.15, 0.2) is 0 Å². The lowest BCUT2D eigenvalue weighted by Crippen LogP contribution is -2.35. The van der Waals surface area contributed by atoms with Crippen LogP contribution < -0.4 is 14.8 Å². The number of fused-ring (bicyclic) bond motifs is 1. The van der Waals surface area contributed by atoms with Gasteiger partial charge in [-0.05, 0) is 22.8 Å². The van der Waals surface area contributed by atoms with Gasteiger partial charge >= 0.3 is 0 Å². The predicted octanol–water partition coefficient (Wildman–Crippen LogP) is 5.44. The molecule has 1 unspecified atom stereocenters. The maximum atomic E-state index is 12.8. The van der Waals surface area contributed by atoms with Crippen LogP contribution in [0.1, 0.15) is 29.0 Å². The highest BCUT2D eigenvalue weighted by atomic mass is 16.5. The number of piperidine rings is 1. The van der Waals surface area contributed by atoms with Crippen molar-refractivity contribution in [1.82, 2.24) is 20.1 Å². The molecule has 7 nitrogen and oxygen atoms in total. The number of benzene rings is 3. The van der Waals surface area contributed by atoms with Crippen LogP contribution in [-0.2, 0) is 25.1 Å². The van der Waals surface area contributed by atoms with E-state index >= 15 is 0 Å². The molecule has 1 N–H and O–H groups in total. The molecule has 6 rings (SSSR count). The first kappa shape index (κ1) is 24.8. The van der Waals surface area contributed by atoms with Crippen molar-refractivity contribution in [2.45, 2.75) is 25.6 Å². The standard InChI is InChI=1S/C32H30N4O3/c1-36-31-24(27-19-33-18-17-28(27)37)13-8-14-25(31)30(35-36)26-15-16-29(38-20-22-9-4-2-5-10-22)34-32(26)39-21-23-11-6-3-7-12-23/h2-16,27,33H,17-21H2,1H3. The summed E-state index contributed by atoms with van der Waals surface area (Å²) >= 11 is 0. The molecule has 1 aliphatic heterocycles. The summed E-state index contributed by atoms with van der Waals surface area (Å²) in [6.45, 7) is 2.14. The first-order valence-electron chi connectivity index (χ1n) is 13.2. The van der Waals surface area contributed by atoms with Gasteiger partial charge in [-0.1, -0.05) is 78.9 Å². The van der Waals surface area contributed by atoms with Crippen molar-refractivity contribution in [3.8, 4) is 23.0 Å². The Morgan fingerprint density at radius 3 is 2.31 bits per heavy atom. The van der Waals surface area contributed by atoms with Crippen LogP contribution >= 0.6 is 0 Å². The Bertz CT molecular complexity index is 1600. The Morgan fingerprint density at radius 1 is 0.872 bits per heavy atom. The largest absolute Gasteiger partial charge is 0.473 e. The second-order valence-electron chi connectivity index (χ2n) is 9.74. The van der Waals surface area contributed by atoms with E-state index in [4.69, 9.17) is 19.6 Å². The number of hydrogen-bond acceptors (Lipinski definition) is 6. The number of Topliss-reactive ketones (excluding diaryl/α,β-unsaturated/α-hetero) is 1. The maximum absolute atomic E-state index is 12.8. The summed E-state index contributed by atoms with van der Waals surface area (Å²) < 4.78 is 14.2. The molecule has 39 heavy (non-hydrogen) atoms. The molecule has 3 aromatic carbocycles. The second kappa shape index (κ2) is 11.1. The Balaban J connectivity index is 1.38. The number of aromatic nitrogens is 3. The van der Waals surface area contributed by atoms with Gasteiger partial charge in [0.25, 0.3) is 0 Å². The Morgan fingerprint density at radius 2 is 1.59 bits per heavy atom. The van der Waals surface area contributed by atoms with E-state index in [2.05, 4.69) is 5.32 Å². The molecule has 0 amide bonds. The SMILES string of the molecule is Cn1nc(-c2ccc(OCc3ccccc3)nc2OCc2ccccc2)c2cccc(C3CNCCC3=O)c21. The average Bonchev–Trinajstić information content (AvgIpc) is 3.32. The fraction of sp³-hybridized carbons (Fsp3) is 0.219. The Hall–Kier alpha value is -4.49. The molecule has 0 radical (unpaired) electrons. The van der Waals surface area contributed by atoms with E-state index in [0.717, 1.165) is 45.4 Å². The summed E-state index contributed by atoms with van der Waals surface area (Å²) in [4.78, 5) is 17.6. The van der Waals surface area contributed by atoms with E-state index in [1.54, 1.807) is 0 Å². The summed E-state index contributed by atoms with van der Waals surface area (Å²) in [6.07, 6.45) is 0.539. The van der Waals surface area contributed by atoms with Crippen molar-refractivity contribution < 1.29 is 14.3 Å². The minimum Gasteiger partial charge on any atom is -0.473 e. The van der Waals surface area contributed by atoms with Gasteiger partial charge in [-0.3, -0.25) is 9.48 Å². The van der Waals surface area contributed by atoms with Gasteiger partial charge in [0.1, 0.15) is 24.7 Å². The van der Waals surface area contributed by atoms with Crippen LogP contribution in [0.3, 0.4) is 0 Å².